The largest absolute Gasteiger partial charge is 0.493 e. The Morgan fingerprint density at radius 2 is 1.94 bits per heavy atom. The minimum atomic E-state index is 0.734. The molecule has 0 aliphatic rings. The SMILES string of the molecule is CCCOc1cc(CCCN(C)C)ccc1OC. The van der Waals surface area contributed by atoms with E-state index in [9.17, 15) is 0 Å². The highest BCUT2D eigenvalue weighted by Gasteiger charge is 2.05. The molecule has 0 amide bonds. The first-order chi connectivity index (χ1) is 8.67. The van der Waals surface area contributed by atoms with Crippen LogP contribution in [0.1, 0.15) is 25.3 Å². The number of rotatable bonds is 8. The Kier molecular flexibility index (Phi) is 6.58. The Hall–Kier alpha value is -1.22. The molecule has 0 spiro atoms. The van der Waals surface area contributed by atoms with E-state index < -0.39 is 0 Å². The summed E-state index contributed by atoms with van der Waals surface area (Å²) in [6.45, 7) is 3.95. The Morgan fingerprint density at radius 3 is 2.56 bits per heavy atom. The topological polar surface area (TPSA) is 21.7 Å². The summed E-state index contributed by atoms with van der Waals surface area (Å²) in [5.41, 5.74) is 1.31. The van der Waals surface area contributed by atoms with Gasteiger partial charge < -0.3 is 14.4 Å². The van der Waals surface area contributed by atoms with Crippen LogP contribution < -0.4 is 9.47 Å². The third-order valence-corrected chi connectivity index (χ3v) is 2.76. The number of nitrogens with zero attached hydrogens (tertiary/aromatic N) is 1. The van der Waals surface area contributed by atoms with Gasteiger partial charge in [-0.05, 0) is 57.6 Å². The molecule has 0 N–H and O–H groups in total. The second-order valence-corrected chi connectivity index (χ2v) is 4.74. The van der Waals surface area contributed by atoms with Crippen LogP contribution in [0, 0.1) is 0 Å². The molecule has 0 aliphatic carbocycles. The summed E-state index contributed by atoms with van der Waals surface area (Å²) in [6.07, 6.45) is 3.24. The molecule has 0 unspecified atom stereocenters. The fourth-order valence-corrected chi connectivity index (χ4v) is 1.80. The number of ether oxygens (including phenoxy) is 2. The fraction of sp³-hybridized carbons (Fsp3) is 0.600. The summed E-state index contributed by atoms with van der Waals surface area (Å²) in [5.74, 6) is 1.68. The van der Waals surface area contributed by atoms with Crippen LogP contribution in [-0.2, 0) is 6.42 Å². The summed E-state index contributed by atoms with van der Waals surface area (Å²) in [5, 5.41) is 0. The quantitative estimate of drug-likeness (QED) is 0.709. The second-order valence-electron chi connectivity index (χ2n) is 4.74. The van der Waals surface area contributed by atoms with Crippen molar-refractivity contribution in [2.75, 3.05) is 34.4 Å². The molecule has 18 heavy (non-hydrogen) atoms. The first-order valence-electron chi connectivity index (χ1n) is 6.61. The smallest absolute Gasteiger partial charge is 0.161 e. The average molecular weight is 251 g/mol. The maximum Gasteiger partial charge on any atom is 0.161 e. The summed E-state index contributed by atoms with van der Waals surface area (Å²) in [4.78, 5) is 2.21. The Balaban J connectivity index is 2.63. The highest BCUT2D eigenvalue weighted by atomic mass is 16.5. The fourth-order valence-electron chi connectivity index (χ4n) is 1.80. The van der Waals surface area contributed by atoms with E-state index in [0.717, 1.165) is 43.9 Å². The van der Waals surface area contributed by atoms with Gasteiger partial charge in [-0.1, -0.05) is 13.0 Å². The molecule has 3 nitrogen and oxygen atoms in total. The van der Waals surface area contributed by atoms with Crippen LogP contribution in [-0.4, -0.2) is 39.3 Å². The zero-order valence-corrected chi connectivity index (χ0v) is 12.0. The van der Waals surface area contributed by atoms with E-state index in [1.165, 1.54) is 5.56 Å². The van der Waals surface area contributed by atoms with Gasteiger partial charge in [0.25, 0.3) is 0 Å². The monoisotopic (exact) mass is 251 g/mol. The van der Waals surface area contributed by atoms with Gasteiger partial charge in [0.15, 0.2) is 11.5 Å². The van der Waals surface area contributed by atoms with Crippen molar-refractivity contribution >= 4 is 0 Å². The molecule has 3 heteroatoms. The lowest BCUT2D eigenvalue weighted by atomic mass is 10.1. The van der Waals surface area contributed by atoms with Gasteiger partial charge in [-0.15, -0.1) is 0 Å². The summed E-state index contributed by atoms with van der Waals surface area (Å²) in [7, 11) is 5.88. The summed E-state index contributed by atoms with van der Waals surface area (Å²) >= 11 is 0. The van der Waals surface area contributed by atoms with Gasteiger partial charge in [-0.25, -0.2) is 0 Å². The van der Waals surface area contributed by atoms with Gasteiger partial charge in [-0.2, -0.15) is 0 Å². The zero-order valence-electron chi connectivity index (χ0n) is 12.0. The third kappa shape index (κ3) is 4.96. The van der Waals surface area contributed by atoms with Crippen LogP contribution in [0.2, 0.25) is 0 Å². The molecular weight excluding hydrogens is 226 g/mol. The number of benzene rings is 1. The standard InChI is InChI=1S/C15H25NO2/c1-5-11-18-15-12-13(7-6-10-16(2)3)8-9-14(15)17-4/h8-9,12H,5-7,10-11H2,1-4H3. The zero-order chi connectivity index (χ0) is 13.4. The molecule has 0 heterocycles. The first-order valence-corrected chi connectivity index (χ1v) is 6.61. The van der Waals surface area contributed by atoms with Gasteiger partial charge in [0.05, 0.1) is 13.7 Å². The lowest BCUT2D eigenvalue weighted by molar-refractivity contribution is 0.294. The van der Waals surface area contributed by atoms with Gasteiger partial charge in [0.1, 0.15) is 0 Å². The second kappa shape index (κ2) is 7.98. The van der Waals surface area contributed by atoms with Gasteiger partial charge in [-0.3, -0.25) is 0 Å². The van der Waals surface area contributed by atoms with Crippen molar-refractivity contribution in [1.82, 2.24) is 4.90 Å². The minimum Gasteiger partial charge on any atom is -0.493 e. The number of aryl methyl sites for hydroxylation is 1. The van der Waals surface area contributed by atoms with E-state index in [1.807, 2.05) is 6.07 Å². The molecule has 0 radical (unpaired) electrons. The maximum atomic E-state index is 5.71. The van der Waals surface area contributed by atoms with Crippen molar-refractivity contribution in [3.8, 4) is 11.5 Å². The number of hydrogen-bond donors (Lipinski definition) is 0. The van der Waals surface area contributed by atoms with E-state index in [1.54, 1.807) is 7.11 Å². The molecule has 0 aliphatic heterocycles. The van der Waals surface area contributed by atoms with Crippen molar-refractivity contribution in [1.29, 1.82) is 0 Å². The first kappa shape index (κ1) is 14.8. The van der Waals surface area contributed by atoms with E-state index in [-0.39, 0.29) is 0 Å². The Labute approximate surface area is 111 Å². The highest BCUT2D eigenvalue weighted by Crippen LogP contribution is 2.28. The van der Waals surface area contributed by atoms with E-state index in [4.69, 9.17) is 9.47 Å². The van der Waals surface area contributed by atoms with Crippen molar-refractivity contribution in [3.05, 3.63) is 23.8 Å². The van der Waals surface area contributed by atoms with Gasteiger partial charge in [0.2, 0.25) is 0 Å². The molecule has 0 saturated heterocycles. The van der Waals surface area contributed by atoms with E-state index in [2.05, 4.69) is 38.1 Å². The number of methoxy groups -OCH3 is 1. The van der Waals surface area contributed by atoms with Crippen LogP contribution in [0.3, 0.4) is 0 Å². The molecule has 1 aromatic carbocycles. The molecule has 0 bridgehead atoms. The van der Waals surface area contributed by atoms with Gasteiger partial charge >= 0.3 is 0 Å². The Bertz CT molecular complexity index is 350. The summed E-state index contributed by atoms with van der Waals surface area (Å²) < 4.78 is 11.0. The van der Waals surface area contributed by atoms with Crippen LogP contribution >= 0.6 is 0 Å². The van der Waals surface area contributed by atoms with Crippen molar-refractivity contribution in [3.63, 3.8) is 0 Å². The third-order valence-electron chi connectivity index (χ3n) is 2.76. The molecule has 0 saturated carbocycles. The predicted molar refractivity (Wildman–Crippen MR) is 75.7 cm³/mol. The maximum absolute atomic E-state index is 5.71. The molecule has 0 atom stereocenters. The van der Waals surface area contributed by atoms with Crippen LogP contribution in [0.15, 0.2) is 18.2 Å². The van der Waals surface area contributed by atoms with Crippen LogP contribution in [0.25, 0.3) is 0 Å². The summed E-state index contributed by atoms with van der Waals surface area (Å²) in [6, 6.07) is 6.22. The lowest BCUT2D eigenvalue weighted by Crippen LogP contribution is -2.13. The highest BCUT2D eigenvalue weighted by molar-refractivity contribution is 5.43. The van der Waals surface area contributed by atoms with Crippen molar-refractivity contribution in [2.45, 2.75) is 26.2 Å². The predicted octanol–water partition coefficient (Wildman–Crippen LogP) is 2.98. The number of hydrogen-bond acceptors (Lipinski definition) is 3. The Morgan fingerprint density at radius 1 is 1.17 bits per heavy atom. The molecule has 102 valence electrons. The normalized spacial score (nSPS) is 10.7. The van der Waals surface area contributed by atoms with E-state index in [0.29, 0.717) is 0 Å². The minimum absolute atomic E-state index is 0.734. The molecule has 0 fully saturated rings. The van der Waals surface area contributed by atoms with Gasteiger partial charge in [0, 0.05) is 0 Å². The van der Waals surface area contributed by atoms with Crippen LogP contribution in [0.4, 0.5) is 0 Å². The van der Waals surface area contributed by atoms with E-state index >= 15 is 0 Å². The van der Waals surface area contributed by atoms with Crippen LogP contribution in [0.5, 0.6) is 11.5 Å². The molecule has 1 aromatic rings. The molecular formula is C15H25NO2. The van der Waals surface area contributed by atoms with Crippen molar-refractivity contribution < 1.29 is 9.47 Å². The van der Waals surface area contributed by atoms with Crippen molar-refractivity contribution in [2.24, 2.45) is 0 Å². The lowest BCUT2D eigenvalue weighted by Gasteiger charge is -2.13. The average Bonchev–Trinajstić information content (AvgIpc) is 2.36. The molecule has 0 aromatic heterocycles. The molecule has 1 rings (SSSR count).